The first kappa shape index (κ1) is 48.8. The highest BCUT2D eigenvalue weighted by Crippen LogP contribution is 2.40. The molecule has 0 aromatic heterocycles. The van der Waals surface area contributed by atoms with Crippen LogP contribution in [0.25, 0.3) is 0 Å². The Morgan fingerprint density at radius 2 is 1.53 bits per heavy atom. The summed E-state index contributed by atoms with van der Waals surface area (Å²) in [6.07, 6.45) is 9.25. The summed E-state index contributed by atoms with van der Waals surface area (Å²) in [5.41, 5.74) is 1.65. The Labute approximate surface area is 368 Å². The second-order valence-electron chi connectivity index (χ2n) is 20.7. The lowest BCUT2D eigenvalue weighted by Gasteiger charge is -2.45. The molecule has 5 aliphatic rings. The van der Waals surface area contributed by atoms with Crippen LogP contribution in [-0.4, -0.2) is 123 Å². The number of aliphatic hydroxyl groups excluding tert-OH is 1. The number of benzene rings is 1. The lowest BCUT2D eigenvalue weighted by Crippen LogP contribution is -2.63. The van der Waals surface area contributed by atoms with Crippen molar-refractivity contribution in [3.05, 3.63) is 35.4 Å². The molecule has 0 bridgehead atoms. The van der Waals surface area contributed by atoms with Gasteiger partial charge in [-0.15, -0.1) is 0 Å². The van der Waals surface area contributed by atoms with Gasteiger partial charge in [-0.05, 0) is 91.6 Å². The molecule has 15 heteroatoms. The van der Waals surface area contributed by atoms with Crippen LogP contribution in [-0.2, 0) is 32.1 Å². The molecule has 3 aliphatic heterocycles. The van der Waals surface area contributed by atoms with E-state index in [-0.39, 0.29) is 28.8 Å². The van der Waals surface area contributed by atoms with Crippen molar-refractivity contribution < 1.29 is 39.0 Å². The van der Waals surface area contributed by atoms with Crippen molar-refractivity contribution in [1.82, 2.24) is 36.0 Å². The molecule has 5 unspecified atom stereocenters. The van der Waals surface area contributed by atoms with Gasteiger partial charge in [-0.2, -0.15) is 0 Å². The number of carbonyl (C=O) groups excluding carboxylic acids is 5. The molecule has 3 heterocycles. The maximum absolute atomic E-state index is 14.5. The molecule has 2 aliphatic carbocycles. The summed E-state index contributed by atoms with van der Waals surface area (Å²) in [6, 6.07) is 4.70. The topological polar surface area (TPSA) is 201 Å². The summed E-state index contributed by atoms with van der Waals surface area (Å²) in [7, 11) is 0. The quantitative estimate of drug-likeness (QED) is 0.142. The van der Waals surface area contributed by atoms with Crippen molar-refractivity contribution in [2.45, 2.75) is 181 Å². The average Bonchev–Trinajstić information content (AvgIpc) is 3.89. The van der Waals surface area contributed by atoms with E-state index < -0.39 is 59.5 Å². The van der Waals surface area contributed by atoms with Crippen LogP contribution in [0, 0.1) is 16.2 Å². The minimum absolute atomic E-state index is 0.0302. The van der Waals surface area contributed by atoms with E-state index in [1.807, 2.05) is 30.0 Å². The van der Waals surface area contributed by atoms with Gasteiger partial charge >= 0.3 is 12.1 Å². The van der Waals surface area contributed by atoms with E-state index >= 15 is 0 Å². The summed E-state index contributed by atoms with van der Waals surface area (Å²) < 4.78 is 0. The van der Waals surface area contributed by atoms with Crippen molar-refractivity contribution in [1.29, 1.82) is 0 Å². The number of hydrogen-bond acceptors (Lipinski definition) is 8. The normalized spacial score (nSPS) is 23.6. The number of nitrogens with one attached hydrogen (secondary N) is 4. The standard InChI is InChI=1S/C37H64N6O6.C10H11NO2/c1-8-13-25(29(45)32(47)38-24-15-16-24)39-31(46)26-14-12-20-43(26)33(48)30(37(7)17-10-9-11-18-37)41-34(49)40-27(35(2,3)4)23-42-21-19-36(5,6)22-28(42)44;12-10(13)11-6-5-8-3-1-2-4-9(8)7-11/h24-28,30,44H,8-23H2,1-7H3,(H,38,47)(H,39,46)(H2,40,41,49);1-4H,5-7H2,(H,12,13). The van der Waals surface area contributed by atoms with Crippen molar-refractivity contribution in [3.8, 4) is 0 Å². The second kappa shape index (κ2) is 21.0. The van der Waals surface area contributed by atoms with Crippen LogP contribution >= 0.6 is 0 Å². The Kier molecular flexibility index (Phi) is 16.5. The van der Waals surface area contributed by atoms with Crippen LogP contribution in [0.5, 0.6) is 0 Å². The number of likely N-dealkylation sites (tertiary alicyclic amines) is 2. The van der Waals surface area contributed by atoms with Crippen molar-refractivity contribution in [3.63, 3.8) is 0 Å². The van der Waals surface area contributed by atoms with Crippen molar-refractivity contribution in [2.24, 2.45) is 16.2 Å². The summed E-state index contributed by atoms with van der Waals surface area (Å²) in [5.74, 6) is -2.06. The maximum atomic E-state index is 14.5. The molecule has 6 amide bonds. The first-order valence-corrected chi connectivity index (χ1v) is 23.2. The fourth-order valence-electron chi connectivity index (χ4n) is 9.41. The third-order valence-electron chi connectivity index (χ3n) is 13.8. The molecule has 62 heavy (non-hydrogen) atoms. The van der Waals surface area contributed by atoms with Crippen LogP contribution in [0.4, 0.5) is 9.59 Å². The molecule has 346 valence electrons. The molecule has 0 spiro atoms. The van der Waals surface area contributed by atoms with E-state index in [1.165, 1.54) is 10.5 Å². The van der Waals surface area contributed by atoms with Crippen LogP contribution in [0.15, 0.2) is 24.3 Å². The van der Waals surface area contributed by atoms with Crippen LogP contribution in [0.2, 0.25) is 0 Å². The number of aliphatic hydroxyl groups is 1. The third kappa shape index (κ3) is 13.2. The Hall–Kier alpha value is -4.24. The SMILES string of the molecule is CCCC(NC(=O)C1CCCN1C(=O)C(NC(=O)NC(CN1CCC(C)(C)CC1O)C(C)(C)C)C1(C)CCCCC1)C(=O)C(=O)NC1CC1.O=C(O)N1CCc2ccccc2C1. The molecule has 0 radical (unpaired) electrons. The Balaban J connectivity index is 0.000000471. The first-order chi connectivity index (χ1) is 29.2. The predicted molar refractivity (Wildman–Crippen MR) is 237 cm³/mol. The van der Waals surface area contributed by atoms with Crippen molar-refractivity contribution >= 4 is 35.6 Å². The fraction of sp³-hybridized carbons (Fsp3) is 0.745. The third-order valence-corrected chi connectivity index (χ3v) is 13.8. The zero-order valence-electron chi connectivity index (χ0n) is 38.4. The molecule has 2 saturated heterocycles. The largest absolute Gasteiger partial charge is 0.465 e. The minimum atomic E-state index is -0.955. The first-order valence-electron chi connectivity index (χ1n) is 23.2. The molecule has 6 N–H and O–H groups in total. The molecule has 1 aromatic rings. The molecule has 5 atom stereocenters. The summed E-state index contributed by atoms with van der Waals surface area (Å²) in [5, 5.41) is 31.5. The van der Waals surface area contributed by atoms with E-state index in [0.717, 1.165) is 69.9 Å². The summed E-state index contributed by atoms with van der Waals surface area (Å²) in [6.45, 7) is 17.2. The van der Waals surface area contributed by atoms with Gasteiger partial charge in [-0.25, -0.2) is 9.59 Å². The number of Topliss-reactive ketones (excluding diaryl/α,β-unsaturated/α-hetero) is 1. The molecular weight excluding hydrogens is 791 g/mol. The van der Waals surface area contributed by atoms with Gasteiger partial charge in [0.25, 0.3) is 5.91 Å². The Morgan fingerprint density at radius 3 is 2.15 bits per heavy atom. The molecule has 2 saturated carbocycles. The lowest BCUT2D eigenvalue weighted by molar-refractivity contribution is -0.144. The molecule has 4 fully saturated rings. The molecule has 6 rings (SSSR count). The van der Waals surface area contributed by atoms with E-state index in [1.54, 1.807) is 4.90 Å². The summed E-state index contributed by atoms with van der Waals surface area (Å²) in [4.78, 5) is 83.4. The number of piperidine rings is 1. The monoisotopic (exact) mass is 866 g/mol. The van der Waals surface area contributed by atoms with Gasteiger partial charge in [0.1, 0.15) is 18.3 Å². The highest BCUT2D eigenvalue weighted by Gasteiger charge is 2.47. The van der Waals surface area contributed by atoms with E-state index in [2.05, 4.69) is 68.9 Å². The van der Waals surface area contributed by atoms with Gasteiger partial charge in [0.15, 0.2) is 0 Å². The average molecular weight is 866 g/mol. The Bertz CT molecular complexity index is 1750. The van der Waals surface area contributed by atoms with Gasteiger partial charge in [0.2, 0.25) is 17.6 Å². The lowest BCUT2D eigenvalue weighted by atomic mass is 9.70. The number of nitrogens with zero attached hydrogens (tertiary/aromatic N) is 3. The number of rotatable bonds is 13. The van der Waals surface area contributed by atoms with E-state index in [9.17, 15) is 33.9 Å². The zero-order valence-corrected chi connectivity index (χ0v) is 38.4. The van der Waals surface area contributed by atoms with Gasteiger partial charge in [-0.3, -0.25) is 24.1 Å². The van der Waals surface area contributed by atoms with Gasteiger partial charge in [0, 0.05) is 44.8 Å². The van der Waals surface area contributed by atoms with Gasteiger partial charge in [-0.1, -0.05) is 98.4 Å². The number of fused-ring (bicyclic) bond motifs is 1. The zero-order chi connectivity index (χ0) is 45.4. The number of carboxylic acid groups (broad SMARTS) is 1. The van der Waals surface area contributed by atoms with Gasteiger partial charge in [0.05, 0.1) is 6.04 Å². The van der Waals surface area contributed by atoms with E-state index in [4.69, 9.17) is 5.11 Å². The van der Waals surface area contributed by atoms with Crippen LogP contribution in [0.1, 0.15) is 143 Å². The number of hydrogen-bond donors (Lipinski definition) is 6. The smallest absolute Gasteiger partial charge is 0.407 e. The Morgan fingerprint density at radius 1 is 0.855 bits per heavy atom. The number of carbonyl (C=O) groups is 6. The van der Waals surface area contributed by atoms with Crippen LogP contribution < -0.4 is 21.3 Å². The second-order valence-corrected chi connectivity index (χ2v) is 20.7. The number of amides is 6. The fourth-order valence-corrected chi connectivity index (χ4v) is 9.41. The highest BCUT2D eigenvalue weighted by atomic mass is 16.4. The number of urea groups is 1. The summed E-state index contributed by atoms with van der Waals surface area (Å²) >= 11 is 0. The predicted octanol–water partition coefficient (Wildman–Crippen LogP) is 5.33. The maximum Gasteiger partial charge on any atom is 0.407 e. The van der Waals surface area contributed by atoms with Crippen LogP contribution in [0.3, 0.4) is 0 Å². The molecule has 1 aromatic carbocycles. The number of ketones is 1. The highest BCUT2D eigenvalue weighted by molar-refractivity contribution is 6.38. The van der Waals surface area contributed by atoms with E-state index in [0.29, 0.717) is 58.3 Å². The molecular formula is C47H75N7O8. The van der Waals surface area contributed by atoms with Crippen molar-refractivity contribution in [2.75, 3.05) is 26.2 Å². The molecule has 15 nitrogen and oxygen atoms in total. The van der Waals surface area contributed by atoms with Gasteiger partial charge < -0.3 is 41.3 Å². The minimum Gasteiger partial charge on any atom is -0.465 e.